The first-order valence-corrected chi connectivity index (χ1v) is 7.21. The van der Waals surface area contributed by atoms with Gasteiger partial charge in [-0.3, -0.25) is 9.36 Å². The molecule has 11 heteroatoms. The Morgan fingerprint density at radius 1 is 1.54 bits per heavy atom. The summed E-state index contributed by atoms with van der Waals surface area (Å²) in [5, 5.41) is 20.8. The van der Waals surface area contributed by atoms with Crippen LogP contribution in [-0.2, 0) is 9.53 Å². The number of aliphatic hydroxyl groups is 2. The molecule has 3 atom stereocenters. The van der Waals surface area contributed by atoms with E-state index in [-0.39, 0.29) is 5.82 Å². The summed E-state index contributed by atoms with van der Waals surface area (Å²) in [6.45, 7) is -0.831. The van der Waals surface area contributed by atoms with Crippen molar-refractivity contribution in [1.82, 2.24) is 9.55 Å². The zero-order valence-corrected chi connectivity index (χ0v) is 12.4. The molecule has 1 aliphatic carbocycles. The number of carbonyl (C=O) groups excluding carboxylic acids is 1. The second-order valence-corrected chi connectivity index (χ2v) is 5.94. The van der Waals surface area contributed by atoms with E-state index >= 15 is 0 Å². The van der Waals surface area contributed by atoms with Crippen LogP contribution in [0.25, 0.3) is 0 Å². The first-order chi connectivity index (χ1) is 11.2. The fourth-order valence-electron chi connectivity index (χ4n) is 2.38. The third-order valence-electron chi connectivity index (χ3n) is 4.12. The fraction of sp³-hybridized carbons (Fsp3) is 0.615. The Labute approximate surface area is 134 Å². The lowest BCUT2D eigenvalue weighted by molar-refractivity contribution is -0.141. The van der Waals surface area contributed by atoms with Gasteiger partial charge < -0.3 is 26.0 Å². The molecule has 0 radical (unpaired) electrons. The monoisotopic (exact) mass is 346 g/mol. The van der Waals surface area contributed by atoms with Crippen molar-refractivity contribution in [3.63, 3.8) is 0 Å². The lowest BCUT2D eigenvalue weighted by Gasteiger charge is -2.21. The third kappa shape index (κ3) is 2.69. The smallest absolute Gasteiger partial charge is 0.351 e. The molecule has 1 aromatic rings. The van der Waals surface area contributed by atoms with Crippen LogP contribution in [0.15, 0.2) is 17.1 Å². The van der Waals surface area contributed by atoms with Crippen LogP contribution < -0.4 is 16.7 Å². The standard InChI is InChI=1S/C13H16F2N4O5/c14-13(15)8(21)6(5-20)24-10(13)19-4-1-7(18-11(19)23)17-9(22)12(16)2-3-12/h1,4,6,8,10,20-21H,2-3,5,16H2,(H,17,18,22,23)/t6-,8-,10-/m1/s1. The summed E-state index contributed by atoms with van der Waals surface area (Å²) in [6, 6.07) is 1.14. The average molecular weight is 346 g/mol. The van der Waals surface area contributed by atoms with Crippen molar-refractivity contribution >= 4 is 11.7 Å². The number of halogens is 2. The second kappa shape index (κ2) is 5.55. The van der Waals surface area contributed by atoms with Gasteiger partial charge in [-0.2, -0.15) is 13.8 Å². The van der Waals surface area contributed by atoms with Gasteiger partial charge in [-0.1, -0.05) is 0 Å². The van der Waals surface area contributed by atoms with Crippen molar-refractivity contribution in [2.45, 2.75) is 42.7 Å². The molecule has 1 saturated carbocycles. The summed E-state index contributed by atoms with van der Waals surface area (Å²) in [5.74, 6) is -4.43. The maximum atomic E-state index is 14.0. The summed E-state index contributed by atoms with van der Waals surface area (Å²) in [6.07, 6.45) is -3.91. The third-order valence-corrected chi connectivity index (χ3v) is 4.12. The largest absolute Gasteiger partial charge is 0.394 e. The molecule has 2 fully saturated rings. The maximum absolute atomic E-state index is 14.0. The Kier molecular flexibility index (Phi) is 3.91. The van der Waals surface area contributed by atoms with Crippen LogP contribution in [0.3, 0.4) is 0 Å². The molecule has 0 unspecified atom stereocenters. The molecule has 1 aliphatic heterocycles. The summed E-state index contributed by atoms with van der Waals surface area (Å²) in [5.41, 5.74) is 3.61. The number of alkyl halides is 2. The Bertz CT molecular complexity index is 721. The first-order valence-electron chi connectivity index (χ1n) is 7.21. The zero-order valence-electron chi connectivity index (χ0n) is 12.4. The van der Waals surface area contributed by atoms with Gasteiger partial charge in [0.15, 0.2) is 6.10 Å². The van der Waals surface area contributed by atoms with E-state index in [0.717, 1.165) is 12.3 Å². The minimum absolute atomic E-state index is 0.126. The van der Waals surface area contributed by atoms with Crippen molar-refractivity contribution < 1.29 is 28.5 Å². The van der Waals surface area contributed by atoms with Crippen LogP contribution in [-0.4, -0.2) is 55.9 Å². The number of ether oxygens (including phenoxy) is 1. The average Bonchev–Trinajstić information content (AvgIpc) is 3.23. The highest BCUT2D eigenvalue weighted by molar-refractivity contribution is 5.99. The number of rotatable bonds is 4. The molecule has 2 aliphatic rings. The van der Waals surface area contributed by atoms with Gasteiger partial charge in [0.25, 0.3) is 0 Å². The molecule has 0 bridgehead atoms. The van der Waals surface area contributed by atoms with Crippen molar-refractivity contribution in [3.8, 4) is 0 Å². The van der Waals surface area contributed by atoms with Gasteiger partial charge in [-0.15, -0.1) is 0 Å². The number of nitrogens with one attached hydrogen (secondary N) is 1. The van der Waals surface area contributed by atoms with Gasteiger partial charge in [0.2, 0.25) is 12.1 Å². The molecule has 9 nitrogen and oxygen atoms in total. The van der Waals surface area contributed by atoms with E-state index in [9.17, 15) is 23.5 Å². The Morgan fingerprint density at radius 2 is 2.21 bits per heavy atom. The van der Waals surface area contributed by atoms with E-state index in [0.29, 0.717) is 17.4 Å². The molecule has 1 saturated heterocycles. The van der Waals surface area contributed by atoms with Gasteiger partial charge in [0, 0.05) is 6.20 Å². The predicted molar refractivity (Wildman–Crippen MR) is 75.2 cm³/mol. The van der Waals surface area contributed by atoms with Gasteiger partial charge in [-0.05, 0) is 18.9 Å². The zero-order chi connectivity index (χ0) is 17.7. The van der Waals surface area contributed by atoms with E-state index in [2.05, 4.69) is 10.3 Å². The predicted octanol–water partition coefficient (Wildman–Crippen LogP) is -1.44. The highest BCUT2D eigenvalue weighted by atomic mass is 19.3. The molecule has 2 heterocycles. The Morgan fingerprint density at radius 3 is 2.71 bits per heavy atom. The molecule has 0 aromatic carbocycles. The van der Waals surface area contributed by atoms with Gasteiger partial charge in [-0.25, -0.2) is 4.79 Å². The highest BCUT2D eigenvalue weighted by Crippen LogP contribution is 2.42. The fourth-order valence-corrected chi connectivity index (χ4v) is 2.38. The Balaban J connectivity index is 1.83. The van der Waals surface area contributed by atoms with E-state index in [1.54, 1.807) is 0 Å². The number of aliphatic hydroxyl groups excluding tert-OH is 2. The minimum atomic E-state index is -3.79. The van der Waals surface area contributed by atoms with Crippen LogP contribution in [0.2, 0.25) is 0 Å². The lowest BCUT2D eigenvalue weighted by atomic mass is 10.1. The Hall–Kier alpha value is -1.95. The van der Waals surface area contributed by atoms with Crippen LogP contribution in [0.1, 0.15) is 19.1 Å². The quantitative estimate of drug-likeness (QED) is 0.523. The van der Waals surface area contributed by atoms with Crippen LogP contribution in [0.5, 0.6) is 0 Å². The molecule has 1 aromatic heterocycles. The van der Waals surface area contributed by atoms with Crippen molar-refractivity contribution in [3.05, 3.63) is 22.7 Å². The number of nitrogens with two attached hydrogens (primary N) is 1. The number of nitrogens with zero attached hydrogens (tertiary/aromatic N) is 2. The molecule has 132 valence electrons. The second-order valence-electron chi connectivity index (χ2n) is 5.94. The molecule has 0 spiro atoms. The molecule has 5 N–H and O–H groups in total. The SMILES string of the molecule is NC1(C(=O)Nc2ccn([C@@H]3O[C@H](CO)[C@@H](O)C3(F)F)c(=O)n2)CC1. The van der Waals surface area contributed by atoms with Crippen molar-refractivity contribution in [2.24, 2.45) is 5.73 Å². The van der Waals surface area contributed by atoms with Crippen LogP contribution in [0, 0.1) is 0 Å². The summed E-state index contributed by atoms with van der Waals surface area (Å²) < 4.78 is 33.4. The van der Waals surface area contributed by atoms with E-state index in [1.165, 1.54) is 0 Å². The summed E-state index contributed by atoms with van der Waals surface area (Å²) >= 11 is 0. The topological polar surface area (TPSA) is 140 Å². The molecular formula is C13H16F2N4O5. The first kappa shape index (κ1) is 16.9. The van der Waals surface area contributed by atoms with Crippen LogP contribution >= 0.6 is 0 Å². The number of hydrogen-bond donors (Lipinski definition) is 4. The van der Waals surface area contributed by atoms with E-state index in [1.807, 2.05) is 0 Å². The van der Waals surface area contributed by atoms with Crippen molar-refractivity contribution in [2.75, 3.05) is 11.9 Å². The van der Waals surface area contributed by atoms with Gasteiger partial charge in [0.1, 0.15) is 11.9 Å². The van der Waals surface area contributed by atoms with Gasteiger partial charge in [0.05, 0.1) is 12.1 Å². The number of carbonyl (C=O) groups is 1. The van der Waals surface area contributed by atoms with Crippen molar-refractivity contribution in [1.29, 1.82) is 0 Å². The summed E-state index contributed by atoms with van der Waals surface area (Å²) in [7, 11) is 0. The lowest BCUT2D eigenvalue weighted by Crippen LogP contribution is -2.42. The van der Waals surface area contributed by atoms with Crippen LogP contribution in [0.4, 0.5) is 14.6 Å². The highest BCUT2D eigenvalue weighted by Gasteiger charge is 2.59. The molecular weight excluding hydrogens is 330 g/mol. The number of amides is 1. The minimum Gasteiger partial charge on any atom is -0.394 e. The van der Waals surface area contributed by atoms with E-state index < -0.39 is 48.1 Å². The maximum Gasteiger partial charge on any atom is 0.351 e. The van der Waals surface area contributed by atoms with E-state index in [4.69, 9.17) is 15.6 Å². The number of aromatic nitrogens is 2. The molecule has 24 heavy (non-hydrogen) atoms. The number of hydrogen-bond acceptors (Lipinski definition) is 7. The number of anilines is 1. The van der Waals surface area contributed by atoms with Gasteiger partial charge >= 0.3 is 11.6 Å². The molecule has 3 rings (SSSR count). The normalized spacial score (nSPS) is 30.1. The summed E-state index contributed by atoms with van der Waals surface area (Å²) in [4.78, 5) is 27.3. The molecule has 1 amide bonds.